The van der Waals surface area contributed by atoms with Crippen molar-refractivity contribution in [2.75, 3.05) is 0 Å². The number of carbonyl (C=O) groups is 2. The van der Waals surface area contributed by atoms with Crippen LogP contribution in [0.3, 0.4) is 0 Å². The average Bonchev–Trinajstić information content (AvgIpc) is 2.54. The Morgan fingerprint density at radius 2 is 1.00 bits per heavy atom. The Labute approximate surface area is 138 Å². The van der Waals surface area contributed by atoms with Gasteiger partial charge in [0.2, 0.25) is 10.9 Å². The fraction of sp³-hybridized carbons (Fsp3) is 0.154. The maximum absolute atomic E-state index is 11.0. The number of carboxylic acids is 2. The number of aliphatic carboxylic acids is 2. The molecule has 106 valence electrons. The van der Waals surface area contributed by atoms with Crippen LogP contribution in [0.2, 0.25) is 0 Å². The number of hydrogen-bond donors (Lipinski definition) is 0. The van der Waals surface area contributed by atoms with E-state index in [1.54, 1.807) is 12.1 Å². The molecule has 0 aliphatic rings. The topological polar surface area (TPSA) is 131 Å². The molecule has 2 aromatic carbocycles. The van der Waals surface area contributed by atoms with E-state index in [-0.39, 0.29) is 38.1 Å². The summed E-state index contributed by atoms with van der Waals surface area (Å²) in [5, 5.41) is 18.2. The van der Waals surface area contributed by atoms with Gasteiger partial charge in [-0.2, -0.15) is 0 Å². The number of hydrogen-bond acceptors (Lipinski definition) is 7. The van der Waals surface area contributed by atoms with Crippen molar-refractivity contribution in [1.29, 1.82) is 0 Å². The van der Waals surface area contributed by atoms with Crippen LogP contribution in [0.15, 0.2) is 38.6 Å². The minimum absolute atomic E-state index is 0. The molecular weight excluding hydrogens is 381 g/mol. The van der Waals surface area contributed by atoms with Crippen molar-refractivity contribution >= 4 is 22.7 Å². The molecule has 21 heavy (non-hydrogen) atoms. The van der Waals surface area contributed by atoms with Gasteiger partial charge in [0, 0.05) is 22.7 Å². The van der Waals surface area contributed by atoms with Crippen molar-refractivity contribution in [3.8, 4) is 0 Å². The van der Waals surface area contributed by atoms with Crippen molar-refractivity contribution in [2.45, 2.75) is 13.8 Å². The zero-order valence-electron chi connectivity index (χ0n) is 11.4. The van der Waals surface area contributed by atoms with E-state index in [0.717, 1.165) is 13.8 Å². The summed E-state index contributed by atoms with van der Waals surface area (Å²) in [7, 11) is 0. The van der Waals surface area contributed by atoms with E-state index in [2.05, 4.69) is 0 Å². The first-order valence-corrected chi connectivity index (χ1v) is 5.26. The minimum Gasteiger partial charge on any atom is -0.550 e. The van der Waals surface area contributed by atoms with Gasteiger partial charge in [-0.25, -0.2) is 0 Å². The molecule has 0 saturated carbocycles. The summed E-state index contributed by atoms with van der Waals surface area (Å²) >= 11 is 0. The third kappa shape index (κ3) is 7.44. The van der Waals surface area contributed by atoms with Crippen molar-refractivity contribution in [3.63, 3.8) is 0 Å². The second kappa shape index (κ2) is 9.91. The molecule has 0 spiro atoms. The van der Waals surface area contributed by atoms with Gasteiger partial charge in [0.25, 0.3) is 5.43 Å². The quantitative estimate of drug-likeness (QED) is 0.353. The summed E-state index contributed by atoms with van der Waals surface area (Å²) in [6.07, 6.45) is 0. The first-order valence-electron chi connectivity index (χ1n) is 5.26. The van der Waals surface area contributed by atoms with E-state index in [9.17, 15) is 14.4 Å². The summed E-state index contributed by atoms with van der Waals surface area (Å²) in [5.74, 6) is -2.17. The van der Waals surface area contributed by atoms with Crippen LogP contribution in [-0.2, 0) is 36.9 Å². The van der Waals surface area contributed by atoms with Crippen molar-refractivity contribution in [2.24, 2.45) is 0 Å². The largest absolute Gasteiger partial charge is 2.00 e. The molecule has 0 saturated heterocycles. The van der Waals surface area contributed by atoms with Gasteiger partial charge in [-0.15, -0.1) is 0 Å². The third-order valence-corrected chi connectivity index (χ3v) is 1.83. The Morgan fingerprint density at radius 1 is 0.762 bits per heavy atom. The van der Waals surface area contributed by atoms with Gasteiger partial charge in [-0.05, 0) is 13.8 Å². The Balaban J connectivity index is 0. The van der Waals surface area contributed by atoms with Crippen LogP contribution in [0.5, 0.6) is 0 Å². The maximum atomic E-state index is 11.0. The van der Waals surface area contributed by atoms with Crippen LogP contribution in [0, 0.1) is 0 Å². The third-order valence-electron chi connectivity index (χ3n) is 1.83. The molecule has 0 amide bonds. The Hall–Kier alpha value is -1.91. The molecule has 0 aromatic heterocycles. The number of fused-ring (bicyclic) bond motifs is 1. The summed E-state index contributed by atoms with van der Waals surface area (Å²) in [5.41, 5.74) is -2.29. The van der Waals surface area contributed by atoms with E-state index >= 15 is 0 Å². The summed E-state index contributed by atoms with van der Waals surface area (Å²) in [6, 6.07) is 6.23. The van der Waals surface area contributed by atoms with E-state index < -0.39 is 28.2 Å². The van der Waals surface area contributed by atoms with Crippen LogP contribution >= 0.6 is 0 Å². The van der Waals surface area contributed by atoms with E-state index in [0.29, 0.717) is 0 Å². The molecule has 0 radical (unpaired) electrons. The maximum Gasteiger partial charge on any atom is 2.00 e. The van der Waals surface area contributed by atoms with Crippen molar-refractivity contribution < 1.29 is 47.1 Å². The predicted molar refractivity (Wildman–Crippen MR) is 66.5 cm³/mol. The van der Waals surface area contributed by atoms with Crippen molar-refractivity contribution in [1.82, 2.24) is 0 Å². The van der Waals surface area contributed by atoms with E-state index in [1.165, 1.54) is 12.1 Å². The first-order chi connectivity index (χ1) is 9.18. The predicted octanol–water partition coefficient (Wildman–Crippen LogP) is -2.69. The SMILES string of the molecule is CC(=O)[O-].CC(=O)[O-].O=c1c(=O)c2ccccc2c1=O.[Cd+2]. The van der Waals surface area contributed by atoms with Gasteiger partial charge >= 0.3 is 27.3 Å². The smallest absolute Gasteiger partial charge is 0.550 e. The zero-order valence-corrected chi connectivity index (χ0v) is 15.4. The molecule has 0 fully saturated rings. The molecule has 0 unspecified atom stereocenters. The van der Waals surface area contributed by atoms with Crippen LogP contribution in [0.25, 0.3) is 10.8 Å². The van der Waals surface area contributed by atoms with Gasteiger partial charge in [0.1, 0.15) is 0 Å². The molecule has 0 aliphatic heterocycles. The normalized spacial score (nSPS) is 8.48. The molecule has 0 aliphatic carbocycles. The first kappa shape index (κ1) is 21.4. The van der Waals surface area contributed by atoms with Gasteiger partial charge in [0.05, 0.1) is 0 Å². The second-order valence-electron chi connectivity index (χ2n) is 3.52. The van der Waals surface area contributed by atoms with Gasteiger partial charge < -0.3 is 19.8 Å². The fourth-order valence-corrected chi connectivity index (χ4v) is 1.23. The van der Waals surface area contributed by atoms with E-state index in [4.69, 9.17) is 19.8 Å². The fourth-order valence-electron chi connectivity index (χ4n) is 1.23. The molecule has 2 aromatic rings. The van der Waals surface area contributed by atoms with Gasteiger partial charge in [-0.3, -0.25) is 14.4 Å². The number of rotatable bonds is 0. The number of carbonyl (C=O) groups excluding carboxylic acids is 2. The molecule has 0 bridgehead atoms. The standard InChI is InChI=1S/C9H4O3.2C2H4O2.Cd/c10-7-5-3-1-2-4-6(5)8(11)9(7)12;2*1-2(3)4;/h1-4H;2*1H3,(H,3,4);/q;;;+2/p-2. The number of benzene rings is 1. The van der Waals surface area contributed by atoms with Crippen LogP contribution in [0.1, 0.15) is 13.8 Å². The molecule has 0 atom stereocenters. The second-order valence-corrected chi connectivity index (χ2v) is 3.52. The van der Waals surface area contributed by atoms with Crippen LogP contribution in [-0.4, -0.2) is 11.9 Å². The van der Waals surface area contributed by atoms with Crippen LogP contribution in [0.4, 0.5) is 0 Å². The number of carboxylic acid groups (broad SMARTS) is 2. The van der Waals surface area contributed by atoms with E-state index in [1.807, 2.05) is 0 Å². The summed E-state index contributed by atoms with van der Waals surface area (Å²) in [6.45, 7) is 1.94. The molecule has 0 N–H and O–H groups in total. The Kier molecular flexibility index (Phi) is 10.1. The van der Waals surface area contributed by atoms with Crippen LogP contribution < -0.4 is 26.5 Å². The Morgan fingerprint density at radius 3 is 1.24 bits per heavy atom. The monoisotopic (exact) mass is 392 g/mol. The van der Waals surface area contributed by atoms with Crippen molar-refractivity contribution in [3.05, 3.63) is 54.9 Å². The van der Waals surface area contributed by atoms with Gasteiger partial charge in [-0.1, -0.05) is 24.3 Å². The average molecular weight is 391 g/mol. The molecule has 0 heterocycles. The summed E-state index contributed by atoms with van der Waals surface area (Å²) < 4.78 is 0. The molecule has 2 rings (SSSR count). The molecular formula is C13H10CdO7. The summed E-state index contributed by atoms with van der Waals surface area (Å²) in [4.78, 5) is 50.7. The minimum atomic E-state index is -1.08. The molecule has 7 nitrogen and oxygen atoms in total. The van der Waals surface area contributed by atoms with Gasteiger partial charge in [0.15, 0.2) is 0 Å². The molecule has 8 heteroatoms. The zero-order chi connectivity index (χ0) is 15.9. The Bertz CT molecular complexity index is 687.